The van der Waals surface area contributed by atoms with Gasteiger partial charge in [-0.25, -0.2) is 4.79 Å². The molecular weight excluding hydrogens is 394 g/mol. The van der Waals surface area contributed by atoms with Crippen molar-refractivity contribution >= 4 is 28.6 Å². The molecule has 1 aliphatic rings. The number of amides is 3. The smallest absolute Gasteiger partial charge is 0.325 e. The van der Waals surface area contributed by atoms with Gasteiger partial charge in [-0.1, -0.05) is 44.2 Å². The van der Waals surface area contributed by atoms with Crippen LogP contribution >= 0.6 is 0 Å². The highest BCUT2D eigenvalue weighted by atomic mass is 16.5. The van der Waals surface area contributed by atoms with E-state index in [4.69, 9.17) is 4.74 Å². The van der Waals surface area contributed by atoms with Crippen molar-refractivity contribution in [1.82, 2.24) is 15.2 Å². The van der Waals surface area contributed by atoms with Gasteiger partial charge in [0.25, 0.3) is 5.91 Å². The molecule has 160 valence electrons. The van der Waals surface area contributed by atoms with Crippen LogP contribution in [0.15, 0.2) is 48.7 Å². The number of aryl methyl sites for hydroxylation is 1. The second kappa shape index (κ2) is 7.91. The normalized spacial score (nSPS) is 18.5. The van der Waals surface area contributed by atoms with E-state index < -0.39 is 17.5 Å². The number of ketones is 1. The predicted octanol–water partition coefficient (Wildman–Crippen LogP) is 3.78. The number of hydrogen-bond acceptors (Lipinski definition) is 4. The molecule has 4 rings (SSSR count). The van der Waals surface area contributed by atoms with Crippen molar-refractivity contribution in [1.29, 1.82) is 0 Å². The van der Waals surface area contributed by atoms with Crippen LogP contribution in [0.5, 0.6) is 5.75 Å². The van der Waals surface area contributed by atoms with E-state index in [-0.39, 0.29) is 12.3 Å². The van der Waals surface area contributed by atoms with Gasteiger partial charge in [0.05, 0.1) is 13.7 Å². The third kappa shape index (κ3) is 3.26. The summed E-state index contributed by atoms with van der Waals surface area (Å²) in [4.78, 5) is 43.3. The molecule has 0 radical (unpaired) electrons. The lowest BCUT2D eigenvalue weighted by molar-refractivity contribution is -0.131. The molecule has 2 heterocycles. The highest BCUT2D eigenvalue weighted by Crippen LogP contribution is 2.33. The minimum atomic E-state index is -1.20. The number of ether oxygens (including phenoxy) is 1. The number of methoxy groups -OCH3 is 1. The van der Waals surface area contributed by atoms with Gasteiger partial charge in [0.1, 0.15) is 11.3 Å². The number of aromatic amines is 1. The summed E-state index contributed by atoms with van der Waals surface area (Å²) < 4.78 is 5.18. The Morgan fingerprint density at radius 3 is 2.48 bits per heavy atom. The van der Waals surface area contributed by atoms with Gasteiger partial charge in [-0.2, -0.15) is 0 Å². The molecule has 31 heavy (non-hydrogen) atoms. The van der Waals surface area contributed by atoms with Crippen molar-refractivity contribution in [2.75, 3.05) is 13.7 Å². The Morgan fingerprint density at radius 1 is 1.10 bits per heavy atom. The number of imide groups is 1. The first-order valence-corrected chi connectivity index (χ1v) is 10.4. The fourth-order valence-electron chi connectivity index (χ4n) is 4.26. The fraction of sp³-hybridized carbons (Fsp3) is 0.292. The topological polar surface area (TPSA) is 91.5 Å². The van der Waals surface area contributed by atoms with Crippen LogP contribution in [0.2, 0.25) is 0 Å². The number of nitrogens with zero attached hydrogens (tertiary/aromatic N) is 1. The van der Waals surface area contributed by atoms with Crippen LogP contribution in [-0.4, -0.2) is 41.3 Å². The second-order valence-electron chi connectivity index (χ2n) is 7.63. The van der Waals surface area contributed by atoms with Gasteiger partial charge in [0, 0.05) is 22.7 Å². The lowest BCUT2D eigenvalue weighted by Gasteiger charge is -2.25. The third-order valence-electron chi connectivity index (χ3n) is 6.07. The molecule has 0 bridgehead atoms. The SMILES string of the molecule is CCc1cccc2c(C(=O)CN3C(=O)N[C@@](CC)(c4ccc(OC)cc4)C3=O)c[nH]c12. The molecule has 1 atom stereocenters. The molecule has 1 aliphatic heterocycles. The quantitative estimate of drug-likeness (QED) is 0.450. The van der Waals surface area contributed by atoms with Crippen molar-refractivity contribution in [3.8, 4) is 5.75 Å². The number of H-pyrrole nitrogens is 1. The molecule has 0 saturated carbocycles. The molecule has 0 unspecified atom stereocenters. The average molecular weight is 419 g/mol. The zero-order valence-electron chi connectivity index (χ0n) is 17.8. The molecule has 7 heteroatoms. The molecule has 0 spiro atoms. The number of urea groups is 1. The number of nitrogens with one attached hydrogen (secondary N) is 2. The summed E-state index contributed by atoms with van der Waals surface area (Å²) in [6.45, 7) is 3.57. The van der Waals surface area contributed by atoms with E-state index in [9.17, 15) is 14.4 Å². The summed E-state index contributed by atoms with van der Waals surface area (Å²) in [5.41, 5.74) is 1.95. The number of para-hydroxylation sites is 1. The number of carbonyl (C=O) groups is 3. The number of rotatable bonds is 7. The fourth-order valence-corrected chi connectivity index (χ4v) is 4.26. The monoisotopic (exact) mass is 419 g/mol. The number of aromatic nitrogens is 1. The minimum absolute atomic E-state index is 0.287. The summed E-state index contributed by atoms with van der Waals surface area (Å²) >= 11 is 0. The van der Waals surface area contributed by atoms with E-state index in [2.05, 4.69) is 10.3 Å². The van der Waals surface area contributed by atoms with Gasteiger partial charge in [-0.15, -0.1) is 0 Å². The molecule has 1 saturated heterocycles. The first-order chi connectivity index (χ1) is 14.9. The summed E-state index contributed by atoms with van der Waals surface area (Å²) in [5.74, 6) is -0.0539. The first-order valence-electron chi connectivity index (χ1n) is 10.4. The minimum Gasteiger partial charge on any atom is -0.497 e. The first kappa shape index (κ1) is 20.7. The van der Waals surface area contributed by atoms with E-state index >= 15 is 0 Å². The zero-order chi connectivity index (χ0) is 22.2. The average Bonchev–Trinajstić information content (AvgIpc) is 3.34. The largest absolute Gasteiger partial charge is 0.497 e. The number of fused-ring (bicyclic) bond motifs is 1. The van der Waals surface area contributed by atoms with Crippen molar-refractivity contribution in [2.24, 2.45) is 0 Å². The molecule has 7 nitrogen and oxygen atoms in total. The highest BCUT2D eigenvalue weighted by Gasteiger charge is 2.51. The van der Waals surface area contributed by atoms with E-state index in [0.29, 0.717) is 23.3 Å². The van der Waals surface area contributed by atoms with E-state index in [1.54, 1.807) is 37.6 Å². The van der Waals surface area contributed by atoms with Crippen LogP contribution < -0.4 is 10.1 Å². The van der Waals surface area contributed by atoms with Gasteiger partial charge in [0.2, 0.25) is 0 Å². The molecule has 1 aromatic heterocycles. The van der Waals surface area contributed by atoms with Gasteiger partial charge in [-0.05, 0) is 36.1 Å². The lowest BCUT2D eigenvalue weighted by atomic mass is 9.87. The Morgan fingerprint density at radius 2 is 1.84 bits per heavy atom. The molecular formula is C24H25N3O4. The van der Waals surface area contributed by atoms with E-state index in [1.165, 1.54) is 0 Å². The summed E-state index contributed by atoms with van der Waals surface area (Å²) in [7, 11) is 1.56. The Hall–Kier alpha value is -3.61. The van der Waals surface area contributed by atoms with Crippen molar-refractivity contribution in [3.05, 3.63) is 65.4 Å². The maximum absolute atomic E-state index is 13.3. The zero-order valence-corrected chi connectivity index (χ0v) is 17.8. The third-order valence-corrected chi connectivity index (χ3v) is 6.07. The van der Waals surface area contributed by atoms with Crippen LogP contribution in [0, 0.1) is 0 Å². The van der Waals surface area contributed by atoms with Crippen LogP contribution in [-0.2, 0) is 16.8 Å². The standard InChI is InChI=1S/C24H25N3O4/c1-4-15-7-6-8-18-19(13-25-21(15)18)20(28)14-27-22(29)24(5-2,26-23(27)30)16-9-11-17(31-3)12-10-16/h6-13,25H,4-5,14H2,1-3H3,(H,26,30)/t24-/m0/s1. The molecule has 2 aromatic carbocycles. The predicted molar refractivity (Wildman–Crippen MR) is 117 cm³/mol. The van der Waals surface area contributed by atoms with Gasteiger partial charge >= 0.3 is 6.03 Å². The van der Waals surface area contributed by atoms with Gasteiger partial charge in [0.15, 0.2) is 5.78 Å². The van der Waals surface area contributed by atoms with Crippen molar-refractivity contribution in [3.63, 3.8) is 0 Å². The molecule has 3 amide bonds. The summed E-state index contributed by atoms with van der Waals surface area (Å²) in [5, 5.41) is 3.61. The Bertz CT molecular complexity index is 1170. The Labute approximate surface area is 180 Å². The Kier molecular flexibility index (Phi) is 5.27. The van der Waals surface area contributed by atoms with Crippen LogP contribution in [0.25, 0.3) is 10.9 Å². The highest BCUT2D eigenvalue weighted by molar-refractivity contribution is 6.14. The number of benzene rings is 2. The lowest BCUT2D eigenvalue weighted by Crippen LogP contribution is -2.43. The number of carbonyl (C=O) groups excluding carboxylic acids is 3. The molecule has 1 fully saturated rings. The van der Waals surface area contributed by atoms with E-state index in [1.807, 2.05) is 32.0 Å². The van der Waals surface area contributed by atoms with Crippen molar-refractivity contribution < 1.29 is 19.1 Å². The molecule has 2 N–H and O–H groups in total. The van der Waals surface area contributed by atoms with Gasteiger partial charge < -0.3 is 15.0 Å². The molecule has 0 aliphatic carbocycles. The summed E-state index contributed by atoms with van der Waals surface area (Å²) in [6, 6.07) is 12.2. The maximum atomic E-state index is 13.3. The van der Waals surface area contributed by atoms with E-state index in [0.717, 1.165) is 27.8 Å². The number of hydrogen-bond donors (Lipinski definition) is 2. The Balaban J connectivity index is 1.62. The maximum Gasteiger partial charge on any atom is 0.325 e. The number of Topliss-reactive ketones (excluding diaryl/α,β-unsaturated/α-hetero) is 1. The van der Waals surface area contributed by atoms with Crippen LogP contribution in [0.3, 0.4) is 0 Å². The second-order valence-corrected chi connectivity index (χ2v) is 7.63. The van der Waals surface area contributed by atoms with Crippen LogP contribution in [0.4, 0.5) is 4.79 Å². The van der Waals surface area contributed by atoms with Gasteiger partial charge in [-0.3, -0.25) is 14.5 Å². The van der Waals surface area contributed by atoms with Crippen LogP contribution in [0.1, 0.15) is 41.8 Å². The van der Waals surface area contributed by atoms with Crippen molar-refractivity contribution in [2.45, 2.75) is 32.2 Å². The molecule has 3 aromatic rings. The summed E-state index contributed by atoms with van der Waals surface area (Å²) in [6.07, 6.45) is 2.85.